The lowest BCUT2D eigenvalue weighted by Gasteiger charge is -2.33. The monoisotopic (exact) mass is 478 g/mol. The topological polar surface area (TPSA) is 75.7 Å². The zero-order valence-corrected chi connectivity index (χ0v) is 20.6. The van der Waals surface area contributed by atoms with E-state index >= 15 is 0 Å². The molecule has 0 aliphatic carbocycles. The Morgan fingerprint density at radius 2 is 1.76 bits per heavy atom. The van der Waals surface area contributed by atoms with Crippen LogP contribution in [0.15, 0.2) is 65.6 Å². The van der Waals surface area contributed by atoms with Crippen LogP contribution in [0.3, 0.4) is 0 Å². The van der Waals surface area contributed by atoms with Crippen molar-refractivity contribution >= 4 is 21.6 Å². The van der Waals surface area contributed by atoms with Crippen molar-refractivity contribution in [3.8, 4) is 16.9 Å². The zero-order valence-electron chi connectivity index (χ0n) is 19.8. The second kappa shape index (κ2) is 9.89. The van der Waals surface area contributed by atoms with E-state index in [4.69, 9.17) is 4.74 Å². The molecule has 3 aromatic rings. The summed E-state index contributed by atoms with van der Waals surface area (Å²) in [6, 6.07) is 18.7. The van der Waals surface area contributed by atoms with E-state index in [1.807, 2.05) is 62.4 Å². The van der Waals surface area contributed by atoms with Gasteiger partial charge in [-0.2, -0.15) is 0 Å². The first-order valence-corrected chi connectivity index (χ1v) is 13.0. The molecule has 0 aromatic heterocycles. The van der Waals surface area contributed by atoms with Gasteiger partial charge in [0.25, 0.3) is 10.0 Å². The van der Waals surface area contributed by atoms with Gasteiger partial charge in [-0.1, -0.05) is 49.7 Å². The highest BCUT2D eigenvalue weighted by Gasteiger charge is 2.36. The first-order valence-electron chi connectivity index (χ1n) is 11.5. The number of ether oxygens (including phenoxy) is 1. The van der Waals surface area contributed by atoms with Crippen molar-refractivity contribution in [2.75, 3.05) is 24.0 Å². The van der Waals surface area contributed by atoms with Gasteiger partial charge in [0.05, 0.1) is 17.1 Å². The minimum atomic E-state index is -3.87. The molecule has 178 valence electrons. The number of nitrogens with one attached hydrogen (secondary N) is 1. The lowest BCUT2D eigenvalue weighted by atomic mass is 9.96. The summed E-state index contributed by atoms with van der Waals surface area (Å²) in [5, 5.41) is 2.78. The fraction of sp³-hybridized carbons (Fsp3) is 0.296. The van der Waals surface area contributed by atoms with Crippen LogP contribution in [0.1, 0.15) is 30.0 Å². The average molecular weight is 479 g/mol. The molecule has 0 radical (unpaired) electrons. The van der Waals surface area contributed by atoms with E-state index < -0.39 is 10.0 Å². The van der Waals surface area contributed by atoms with Crippen molar-refractivity contribution in [1.29, 1.82) is 0 Å². The van der Waals surface area contributed by atoms with E-state index in [2.05, 4.69) is 12.2 Å². The maximum atomic E-state index is 13.4. The van der Waals surface area contributed by atoms with E-state index in [9.17, 15) is 13.2 Å². The van der Waals surface area contributed by atoms with Gasteiger partial charge < -0.3 is 10.1 Å². The number of hydrogen-bond donors (Lipinski definition) is 1. The molecule has 1 aliphatic rings. The maximum absolute atomic E-state index is 13.4. The second-order valence-corrected chi connectivity index (χ2v) is 10.4. The van der Waals surface area contributed by atoms with Gasteiger partial charge in [0.1, 0.15) is 18.9 Å². The summed E-state index contributed by atoms with van der Waals surface area (Å²) in [5.74, 6) is 0.360. The molecule has 0 bridgehead atoms. The van der Waals surface area contributed by atoms with Gasteiger partial charge in [0.15, 0.2) is 0 Å². The van der Waals surface area contributed by atoms with Crippen LogP contribution in [-0.2, 0) is 21.2 Å². The lowest BCUT2D eigenvalue weighted by molar-refractivity contribution is -0.119. The maximum Gasteiger partial charge on any atom is 0.265 e. The average Bonchev–Trinajstić information content (AvgIpc) is 2.80. The molecule has 34 heavy (non-hydrogen) atoms. The molecule has 6 nitrogen and oxygen atoms in total. The molecule has 3 aromatic carbocycles. The number of benzene rings is 3. The highest BCUT2D eigenvalue weighted by atomic mass is 32.2. The Morgan fingerprint density at radius 1 is 1.03 bits per heavy atom. The largest absolute Gasteiger partial charge is 0.492 e. The number of rotatable bonds is 8. The van der Waals surface area contributed by atoms with Gasteiger partial charge >= 0.3 is 0 Å². The molecular formula is C27H30N2O4S. The van der Waals surface area contributed by atoms with Crippen molar-refractivity contribution in [1.82, 2.24) is 5.32 Å². The highest BCUT2D eigenvalue weighted by molar-refractivity contribution is 7.93. The van der Waals surface area contributed by atoms with Crippen molar-refractivity contribution < 1.29 is 17.9 Å². The molecule has 1 heterocycles. The number of hydrogen-bond acceptors (Lipinski definition) is 4. The van der Waals surface area contributed by atoms with Crippen LogP contribution in [-0.4, -0.2) is 34.0 Å². The fourth-order valence-corrected chi connectivity index (χ4v) is 6.02. The SMILES string of the molecule is CCCc1ccc(OCCNC(=O)CN2c3cc(C)cc(C)c3-c3ccccc3S2(=O)=O)cc1. The second-order valence-electron chi connectivity index (χ2n) is 8.58. The zero-order chi connectivity index (χ0) is 24.3. The van der Waals surface area contributed by atoms with Gasteiger partial charge in [0.2, 0.25) is 5.91 Å². The van der Waals surface area contributed by atoms with Gasteiger partial charge in [-0.05, 0) is 61.2 Å². The van der Waals surface area contributed by atoms with Crippen LogP contribution in [0.25, 0.3) is 11.1 Å². The van der Waals surface area contributed by atoms with Crippen LogP contribution in [0.5, 0.6) is 5.75 Å². The number of amides is 1. The van der Waals surface area contributed by atoms with Crippen molar-refractivity contribution in [3.63, 3.8) is 0 Å². The molecule has 0 fully saturated rings. The number of carbonyl (C=O) groups excluding carboxylic acids is 1. The molecule has 0 saturated carbocycles. The Hall–Kier alpha value is -3.32. The molecule has 1 N–H and O–H groups in total. The Morgan fingerprint density at radius 3 is 2.50 bits per heavy atom. The summed E-state index contributed by atoms with van der Waals surface area (Å²) in [7, 11) is -3.87. The summed E-state index contributed by atoms with van der Waals surface area (Å²) in [6.07, 6.45) is 2.12. The molecular weight excluding hydrogens is 448 g/mol. The molecule has 0 unspecified atom stereocenters. The molecule has 0 atom stereocenters. The molecule has 1 amide bonds. The van der Waals surface area contributed by atoms with E-state index in [1.165, 1.54) is 9.87 Å². The molecule has 4 rings (SSSR count). The van der Waals surface area contributed by atoms with Crippen molar-refractivity contribution in [2.24, 2.45) is 0 Å². The minimum Gasteiger partial charge on any atom is -0.492 e. The number of aryl methyl sites for hydroxylation is 3. The Kier molecular flexibility index (Phi) is 6.93. The summed E-state index contributed by atoms with van der Waals surface area (Å²) < 4.78 is 33.8. The summed E-state index contributed by atoms with van der Waals surface area (Å²) >= 11 is 0. The van der Waals surface area contributed by atoms with E-state index in [-0.39, 0.29) is 23.9 Å². The normalized spacial score (nSPS) is 13.7. The van der Waals surface area contributed by atoms with E-state index in [0.717, 1.165) is 35.3 Å². The minimum absolute atomic E-state index is 0.220. The quantitative estimate of drug-likeness (QED) is 0.479. The highest BCUT2D eigenvalue weighted by Crippen LogP contribution is 2.45. The number of carbonyl (C=O) groups is 1. The molecule has 1 aliphatic heterocycles. The number of nitrogens with zero attached hydrogens (tertiary/aromatic N) is 1. The number of fused-ring (bicyclic) bond motifs is 3. The van der Waals surface area contributed by atoms with Crippen LogP contribution in [0.4, 0.5) is 5.69 Å². The van der Waals surface area contributed by atoms with Crippen LogP contribution in [0.2, 0.25) is 0 Å². The first-order chi connectivity index (χ1) is 16.3. The standard InChI is InChI=1S/C27H30N2O4S/c1-4-7-21-10-12-22(13-11-21)33-15-14-28-26(30)18-29-24-17-19(2)16-20(3)27(24)23-8-5-6-9-25(23)34(29,31)32/h5-6,8-13,16-17H,4,7,14-15,18H2,1-3H3,(H,28,30). The van der Waals surface area contributed by atoms with Gasteiger partial charge in [0, 0.05) is 11.1 Å². The summed E-state index contributed by atoms with van der Waals surface area (Å²) in [4.78, 5) is 13.0. The van der Waals surface area contributed by atoms with Crippen LogP contribution in [0, 0.1) is 13.8 Å². The third-order valence-corrected chi connectivity index (χ3v) is 7.71. The third-order valence-electron chi connectivity index (χ3n) is 5.89. The van der Waals surface area contributed by atoms with Gasteiger partial charge in [-0.3, -0.25) is 9.10 Å². The van der Waals surface area contributed by atoms with Gasteiger partial charge in [-0.25, -0.2) is 8.42 Å². The summed E-state index contributed by atoms with van der Waals surface area (Å²) in [5.41, 5.74) is 5.23. The molecule has 0 spiro atoms. The fourth-order valence-electron chi connectivity index (χ4n) is 4.40. The lowest BCUT2D eigenvalue weighted by Crippen LogP contribution is -2.43. The summed E-state index contributed by atoms with van der Waals surface area (Å²) in [6.45, 7) is 6.30. The van der Waals surface area contributed by atoms with Crippen LogP contribution >= 0.6 is 0 Å². The van der Waals surface area contributed by atoms with E-state index in [0.29, 0.717) is 17.9 Å². The predicted octanol–water partition coefficient (Wildman–Crippen LogP) is 4.63. The Balaban J connectivity index is 1.45. The molecule has 7 heteroatoms. The van der Waals surface area contributed by atoms with Crippen molar-refractivity contribution in [3.05, 3.63) is 77.4 Å². The van der Waals surface area contributed by atoms with E-state index in [1.54, 1.807) is 12.1 Å². The predicted molar refractivity (Wildman–Crippen MR) is 135 cm³/mol. The molecule has 0 saturated heterocycles. The Bertz CT molecular complexity index is 1300. The Labute approximate surface area is 201 Å². The number of sulfonamides is 1. The first kappa shape index (κ1) is 23.8. The smallest absolute Gasteiger partial charge is 0.265 e. The van der Waals surface area contributed by atoms with Gasteiger partial charge in [-0.15, -0.1) is 0 Å². The van der Waals surface area contributed by atoms with Crippen LogP contribution < -0.4 is 14.4 Å². The van der Waals surface area contributed by atoms with Crippen molar-refractivity contribution in [2.45, 2.75) is 38.5 Å². The third kappa shape index (κ3) is 4.80. The number of anilines is 1.